The lowest BCUT2D eigenvalue weighted by Crippen LogP contribution is -2.13. The van der Waals surface area contributed by atoms with E-state index >= 15 is 0 Å². The molecule has 0 atom stereocenters. The van der Waals surface area contributed by atoms with Gasteiger partial charge in [-0.2, -0.15) is 15.4 Å². The number of benzene rings is 1. The van der Waals surface area contributed by atoms with Crippen molar-refractivity contribution in [3.8, 4) is 17.0 Å². The van der Waals surface area contributed by atoms with Gasteiger partial charge >= 0.3 is 0 Å². The molecule has 1 heterocycles. The average Bonchev–Trinajstić information content (AvgIpc) is 2.90. The van der Waals surface area contributed by atoms with Crippen LogP contribution >= 0.6 is 0 Å². The molecule has 0 bridgehead atoms. The van der Waals surface area contributed by atoms with Gasteiger partial charge in [-0.15, -0.1) is 0 Å². The number of aromatic amines is 1. The minimum Gasteiger partial charge on any atom is -0.493 e. The van der Waals surface area contributed by atoms with Gasteiger partial charge in [0.2, 0.25) is 0 Å². The molecule has 0 aliphatic carbocycles. The molecule has 1 amide bonds. The lowest BCUT2D eigenvalue weighted by Gasteiger charge is -2.11. The van der Waals surface area contributed by atoms with Crippen molar-refractivity contribution >= 4 is 5.91 Å². The van der Waals surface area contributed by atoms with Crippen LogP contribution in [0.25, 0.3) is 11.3 Å². The molecule has 0 saturated heterocycles. The van der Waals surface area contributed by atoms with Gasteiger partial charge in [-0.3, -0.25) is 4.79 Å². The average molecular weight is 274 g/mol. The Morgan fingerprint density at radius 1 is 1.40 bits per heavy atom. The number of aryl methyl sites for hydroxylation is 1. The number of amides is 1. The minimum atomic E-state index is -0.616. The third kappa shape index (κ3) is 2.96. The Labute approximate surface area is 117 Å². The largest absolute Gasteiger partial charge is 0.493 e. The van der Waals surface area contributed by atoms with Crippen LogP contribution in [0.1, 0.15) is 35.8 Å². The van der Waals surface area contributed by atoms with Crippen LogP contribution in [0.3, 0.4) is 0 Å². The van der Waals surface area contributed by atoms with E-state index in [0.717, 1.165) is 24.0 Å². The summed E-state index contributed by atoms with van der Waals surface area (Å²) < 4.78 is 5.76. The van der Waals surface area contributed by atoms with Gasteiger partial charge < -0.3 is 10.5 Å². The van der Waals surface area contributed by atoms with Gasteiger partial charge in [0.05, 0.1) is 6.61 Å². The topological polar surface area (TPSA) is 93.9 Å². The number of carbonyl (C=O) groups excluding carboxylic acids is 1. The number of ether oxygens (including phenoxy) is 1. The monoisotopic (exact) mass is 274 g/mol. The summed E-state index contributed by atoms with van der Waals surface area (Å²) in [6.07, 6.45) is 2.02. The van der Waals surface area contributed by atoms with E-state index in [9.17, 15) is 4.79 Å². The van der Waals surface area contributed by atoms with Gasteiger partial charge in [-0.25, -0.2) is 0 Å². The summed E-state index contributed by atoms with van der Waals surface area (Å²) >= 11 is 0. The van der Waals surface area contributed by atoms with Crippen molar-refractivity contribution in [1.82, 2.24) is 15.4 Å². The van der Waals surface area contributed by atoms with Crippen molar-refractivity contribution < 1.29 is 9.53 Å². The molecule has 6 heteroatoms. The van der Waals surface area contributed by atoms with Crippen molar-refractivity contribution in [2.45, 2.75) is 26.7 Å². The van der Waals surface area contributed by atoms with Crippen LogP contribution in [0.5, 0.6) is 5.75 Å². The Balaban J connectivity index is 2.40. The molecule has 3 N–H and O–H groups in total. The van der Waals surface area contributed by atoms with Crippen LogP contribution in [0.2, 0.25) is 0 Å². The number of hydrogen-bond donors (Lipinski definition) is 2. The number of nitrogens with zero attached hydrogens (tertiary/aromatic N) is 2. The number of H-pyrrole nitrogens is 1. The van der Waals surface area contributed by atoms with Crippen LogP contribution in [0.15, 0.2) is 18.2 Å². The van der Waals surface area contributed by atoms with Crippen LogP contribution in [-0.2, 0) is 0 Å². The van der Waals surface area contributed by atoms with Gasteiger partial charge in [-0.1, -0.05) is 25.0 Å². The Kier molecular flexibility index (Phi) is 4.34. The molecule has 1 aromatic carbocycles. The van der Waals surface area contributed by atoms with E-state index in [4.69, 9.17) is 10.5 Å². The highest BCUT2D eigenvalue weighted by Crippen LogP contribution is 2.31. The van der Waals surface area contributed by atoms with E-state index in [-0.39, 0.29) is 5.69 Å². The van der Waals surface area contributed by atoms with Gasteiger partial charge in [0.25, 0.3) is 5.91 Å². The molecule has 0 saturated carbocycles. The second kappa shape index (κ2) is 6.18. The predicted octanol–water partition coefficient (Wildman–Crippen LogP) is 2.06. The van der Waals surface area contributed by atoms with Crippen LogP contribution < -0.4 is 10.5 Å². The summed E-state index contributed by atoms with van der Waals surface area (Å²) in [5.41, 5.74) is 7.62. The number of hydrogen-bond acceptors (Lipinski definition) is 4. The fourth-order valence-corrected chi connectivity index (χ4v) is 1.87. The molecule has 0 aliphatic rings. The van der Waals surface area contributed by atoms with E-state index < -0.39 is 5.91 Å². The maximum Gasteiger partial charge on any atom is 0.271 e. The first-order chi connectivity index (χ1) is 9.63. The first-order valence-electron chi connectivity index (χ1n) is 6.58. The van der Waals surface area contributed by atoms with Crippen molar-refractivity contribution in [2.24, 2.45) is 5.73 Å². The summed E-state index contributed by atoms with van der Waals surface area (Å²) in [5.74, 6) is 0.0650. The Morgan fingerprint density at radius 2 is 2.20 bits per heavy atom. The van der Waals surface area contributed by atoms with E-state index in [2.05, 4.69) is 22.3 Å². The van der Waals surface area contributed by atoms with Crippen molar-refractivity contribution in [2.75, 3.05) is 6.61 Å². The fraction of sp³-hybridized carbons (Fsp3) is 0.357. The van der Waals surface area contributed by atoms with Crippen LogP contribution in [-0.4, -0.2) is 27.9 Å². The number of nitrogens with two attached hydrogens (primary N) is 1. The maximum absolute atomic E-state index is 11.4. The second-order valence-electron chi connectivity index (χ2n) is 4.59. The highest BCUT2D eigenvalue weighted by molar-refractivity contribution is 5.97. The number of rotatable bonds is 6. The summed E-state index contributed by atoms with van der Waals surface area (Å²) in [6, 6.07) is 5.74. The molecule has 2 rings (SSSR count). The molecule has 1 aromatic heterocycles. The minimum absolute atomic E-state index is 0.121. The Morgan fingerprint density at radius 3 is 2.90 bits per heavy atom. The molecule has 20 heavy (non-hydrogen) atoms. The molecule has 0 spiro atoms. The SMILES string of the molecule is CCCCOc1ccc(C)cc1-c1n[nH]nc1C(N)=O. The smallest absolute Gasteiger partial charge is 0.271 e. The summed E-state index contributed by atoms with van der Waals surface area (Å²) in [4.78, 5) is 11.4. The molecular weight excluding hydrogens is 256 g/mol. The van der Waals surface area contributed by atoms with Crippen molar-refractivity contribution in [1.29, 1.82) is 0 Å². The number of aromatic nitrogens is 3. The second-order valence-corrected chi connectivity index (χ2v) is 4.59. The molecule has 0 fully saturated rings. The molecule has 0 radical (unpaired) electrons. The normalized spacial score (nSPS) is 10.5. The zero-order valence-electron chi connectivity index (χ0n) is 11.6. The van der Waals surface area contributed by atoms with Crippen LogP contribution in [0, 0.1) is 6.92 Å². The lowest BCUT2D eigenvalue weighted by atomic mass is 10.1. The third-order valence-corrected chi connectivity index (χ3v) is 2.93. The highest BCUT2D eigenvalue weighted by Gasteiger charge is 2.18. The van der Waals surface area contributed by atoms with Gasteiger partial charge in [0.15, 0.2) is 5.69 Å². The molecule has 0 unspecified atom stereocenters. The van der Waals surface area contributed by atoms with Crippen molar-refractivity contribution in [3.05, 3.63) is 29.5 Å². The summed E-state index contributed by atoms with van der Waals surface area (Å²) in [5, 5.41) is 10.2. The molecule has 106 valence electrons. The summed E-state index contributed by atoms with van der Waals surface area (Å²) in [6.45, 7) is 4.68. The Bertz CT molecular complexity index is 607. The van der Waals surface area contributed by atoms with E-state index in [1.165, 1.54) is 0 Å². The zero-order chi connectivity index (χ0) is 14.5. The number of unbranched alkanes of at least 4 members (excludes halogenated alkanes) is 1. The van der Waals surface area contributed by atoms with E-state index in [0.29, 0.717) is 18.1 Å². The predicted molar refractivity (Wildman–Crippen MR) is 75.5 cm³/mol. The summed E-state index contributed by atoms with van der Waals surface area (Å²) in [7, 11) is 0. The van der Waals surface area contributed by atoms with E-state index in [1.54, 1.807) is 0 Å². The molecule has 2 aromatic rings. The highest BCUT2D eigenvalue weighted by atomic mass is 16.5. The van der Waals surface area contributed by atoms with Crippen molar-refractivity contribution in [3.63, 3.8) is 0 Å². The number of nitrogens with one attached hydrogen (secondary N) is 1. The molecular formula is C14H18N4O2. The fourth-order valence-electron chi connectivity index (χ4n) is 1.87. The lowest BCUT2D eigenvalue weighted by molar-refractivity contribution is 0.0996. The number of primary amides is 1. The third-order valence-electron chi connectivity index (χ3n) is 2.93. The first-order valence-corrected chi connectivity index (χ1v) is 6.58. The maximum atomic E-state index is 11.4. The molecule has 6 nitrogen and oxygen atoms in total. The van der Waals surface area contributed by atoms with Gasteiger partial charge in [-0.05, 0) is 25.5 Å². The quantitative estimate of drug-likeness (QED) is 0.788. The van der Waals surface area contributed by atoms with Gasteiger partial charge in [0.1, 0.15) is 11.4 Å². The Hall–Kier alpha value is -2.37. The van der Waals surface area contributed by atoms with Crippen LogP contribution in [0.4, 0.5) is 0 Å². The standard InChI is InChI=1S/C14H18N4O2/c1-3-4-7-20-11-6-5-9(2)8-10(11)12-13(14(15)19)17-18-16-12/h5-6,8H,3-4,7H2,1-2H3,(H2,15,19)(H,16,17,18). The zero-order valence-corrected chi connectivity index (χ0v) is 11.6. The van der Waals surface area contributed by atoms with Gasteiger partial charge in [0, 0.05) is 5.56 Å². The number of carbonyl (C=O) groups is 1. The first kappa shape index (κ1) is 14.0. The molecule has 0 aliphatic heterocycles. The van der Waals surface area contributed by atoms with E-state index in [1.807, 2.05) is 25.1 Å².